The van der Waals surface area contributed by atoms with E-state index in [1.165, 1.54) is 0 Å². The highest BCUT2D eigenvalue weighted by Gasteiger charge is 2.08. The average molecular weight is 293 g/mol. The summed E-state index contributed by atoms with van der Waals surface area (Å²) in [6.07, 6.45) is 3.68. The van der Waals surface area contributed by atoms with Crippen molar-refractivity contribution in [2.24, 2.45) is 0 Å². The Balaban J connectivity index is 1.90. The summed E-state index contributed by atoms with van der Waals surface area (Å²) in [6.45, 7) is 4.89. The number of nitrogens with zero attached hydrogens (tertiary/aromatic N) is 2. The van der Waals surface area contributed by atoms with E-state index in [1.807, 2.05) is 48.7 Å². The molecule has 0 amide bonds. The van der Waals surface area contributed by atoms with Crippen LogP contribution in [0.5, 0.6) is 0 Å². The zero-order valence-electron chi connectivity index (χ0n) is 12.8. The van der Waals surface area contributed by atoms with Gasteiger partial charge in [-0.3, -0.25) is 4.79 Å². The fourth-order valence-electron chi connectivity index (χ4n) is 2.58. The summed E-state index contributed by atoms with van der Waals surface area (Å²) in [5.74, 6) is 0.401. The molecule has 3 rings (SSSR count). The molecule has 112 valence electrons. The molecule has 2 heterocycles. The lowest BCUT2D eigenvalue weighted by Gasteiger charge is -2.11. The van der Waals surface area contributed by atoms with E-state index in [-0.39, 0.29) is 5.56 Å². The number of hydrogen-bond donors (Lipinski definition) is 1. The number of aromatic nitrogens is 3. The van der Waals surface area contributed by atoms with Gasteiger partial charge in [-0.25, -0.2) is 4.98 Å². The van der Waals surface area contributed by atoms with E-state index in [0.29, 0.717) is 18.0 Å². The summed E-state index contributed by atoms with van der Waals surface area (Å²) in [7, 11) is 0. The zero-order chi connectivity index (χ0) is 15.5. The van der Waals surface area contributed by atoms with Crippen LogP contribution >= 0.6 is 0 Å². The standard InChI is InChI=1S/C18H19N3O/c1-13(2)17-10-19-12-21(17)11-15-8-9-16(18(22)20-15)14-6-4-3-5-7-14/h3-10,12-13H,11H2,1-2H3,(H,20,22). The van der Waals surface area contributed by atoms with Crippen molar-refractivity contribution >= 4 is 0 Å². The number of aromatic amines is 1. The molecule has 0 aliphatic heterocycles. The largest absolute Gasteiger partial charge is 0.328 e. The van der Waals surface area contributed by atoms with Crippen molar-refractivity contribution < 1.29 is 0 Å². The van der Waals surface area contributed by atoms with E-state index >= 15 is 0 Å². The fourth-order valence-corrected chi connectivity index (χ4v) is 2.58. The summed E-state index contributed by atoms with van der Waals surface area (Å²) in [5, 5.41) is 0. The monoisotopic (exact) mass is 293 g/mol. The molecule has 0 bridgehead atoms. The third-order valence-electron chi connectivity index (χ3n) is 3.73. The molecule has 4 nitrogen and oxygen atoms in total. The zero-order valence-corrected chi connectivity index (χ0v) is 12.8. The van der Waals surface area contributed by atoms with Crippen molar-refractivity contribution in [3.63, 3.8) is 0 Å². The molecule has 4 heteroatoms. The number of imidazole rings is 1. The van der Waals surface area contributed by atoms with Gasteiger partial charge >= 0.3 is 0 Å². The summed E-state index contributed by atoms with van der Waals surface area (Å²) in [6, 6.07) is 13.5. The van der Waals surface area contributed by atoms with Gasteiger partial charge in [0.25, 0.3) is 5.56 Å². The molecule has 0 spiro atoms. The number of H-pyrrole nitrogens is 1. The van der Waals surface area contributed by atoms with Crippen LogP contribution in [0.15, 0.2) is 59.8 Å². The summed E-state index contributed by atoms with van der Waals surface area (Å²) in [4.78, 5) is 19.5. The lowest BCUT2D eigenvalue weighted by atomic mass is 10.1. The van der Waals surface area contributed by atoms with Gasteiger partial charge in [-0.15, -0.1) is 0 Å². The summed E-state index contributed by atoms with van der Waals surface area (Å²) >= 11 is 0. The van der Waals surface area contributed by atoms with Crippen LogP contribution in [-0.4, -0.2) is 14.5 Å². The van der Waals surface area contributed by atoms with Crippen molar-refractivity contribution in [3.05, 3.63) is 76.7 Å². The topological polar surface area (TPSA) is 50.7 Å². The molecule has 0 saturated heterocycles. The predicted molar refractivity (Wildman–Crippen MR) is 87.9 cm³/mol. The quantitative estimate of drug-likeness (QED) is 0.801. The number of nitrogens with one attached hydrogen (secondary N) is 1. The number of hydrogen-bond acceptors (Lipinski definition) is 2. The van der Waals surface area contributed by atoms with Gasteiger partial charge in [-0.1, -0.05) is 44.2 Å². The van der Waals surface area contributed by atoms with Crippen LogP contribution in [0.3, 0.4) is 0 Å². The first-order valence-electron chi connectivity index (χ1n) is 7.43. The fraction of sp³-hybridized carbons (Fsp3) is 0.222. The molecule has 22 heavy (non-hydrogen) atoms. The molecule has 1 N–H and O–H groups in total. The minimum atomic E-state index is -0.0603. The third-order valence-corrected chi connectivity index (χ3v) is 3.73. The molecule has 2 aromatic heterocycles. The van der Waals surface area contributed by atoms with Crippen LogP contribution in [0, 0.1) is 0 Å². The maximum absolute atomic E-state index is 12.3. The van der Waals surface area contributed by atoms with Crippen LogP contribution < -0.4 is 5.56 Å². The first-order valence-corrected chi connectivity index (χ1v) is 7.43. The van der Waals surface area contributed by atoms with Crippen LogP contribution in [0.25, 0.3) is 11.1 Å². The van der Waals surface area contributed by atoms with Gasteiger partial charge in [0.05, 0.1) is 12.9 Å². The molecule has 0 aliphatic rings. The molecular weight excluding hydrogens is 274 g/mol. The Kier molecular flexibility index (Phi) is 3.92. The van der Waals surface area contributed by atoms with E-state index in [2.05, 4.69) is 28.4 Å². The lowest BCUT2D eigenvalue weighted by Crippen LogP contribution is -2.14. The van der Waals surface area contributed by atoms with Crippen LogP contribution in [-0.2, 0) is 6.54 Å². The molecule has 0 unspecified atom stereocenters. The van der Waals surface area contributed by atoms with Gasteiger partial charge in [0.15, 0.2) is 0 Å². The Bertz CT molecular complexity index is 816. The molecule has 0 saturated carbocycles. The Morgan fingerprint density at radius 3 is 2.59 bits per heavy atom. The highest BCUT2D eigenvalue weighted by atomic mass is 16.1. The first kappa shape index (κ1) is 14.3. The maximum Gasteiger partial charge on any atom is 0.256 e. The Labute approximate surface area is 129 Å². The maximum atomic E-state index is 12.3. The summed E-state index contributed by atoms with van der Waals surface area (Å²) < 4.78 is 2.07. The van der Waals surface area contributed by atoms with Gasteiger partial charge in [0.2, 0.25) is 0 Å². The van der Waals surface area contributed by atoms with E-state index in [4.69, 9.17) is 0 Å². The minimum Gasteiger partial charge on any atom is -0.328 e. The van der Waals surface area contributed by atoms with Crippen LogP contribution in [0.2, 0.25) is 0 Å². The SMILES string of the molecule is CC(C)c1cncn1Cc1ccc(-c2ccccc2)c(=O)[nH]1. The molecule has 0 aliphatic carbocycles. The van der Waals surface area contributed by atoms with Crippen molar-refractivity contribution in [3.8, 4) is 11.1 Å². The molecule has 0 radical (unpaired) electrons. The van der Waals surface area contributed by atoms with Gasteiger partial charge in [-0.2, -0.15) is 0 Å². The predicted octanol–water partition coefficient (Wildman–Crippen LogP) is 3.41. The number of rotatable bonds is 4. The molecule has 0 fully saturated rings. The second-order valence-electron chi connectivity index (χ2n) is 5.69. The van der Waals surface area contributed by atoms with Crippen molar-refractivity contribution in [1.29, 1.82) is 0 Å². The normalized spacial score (nSPS) is 11.0. The Morgan fingerprint density at radius 2 is 1.91 bits per heavy atom. The third kappa shape index (κ3) is 2.86. The molecule has 0 atom stereocenters. The van der Waals surface area contributed by atoms with Gasteiger partial charge in [0.1, 0.15) is 0 Å². The van der Waals surface area contributed by atoms with Crippen molar-refractivity contribution in [2.75, 3.05) is 0 Å². The first-order chi connectivity index (χ1) is 10.6. The smallest absolute Gasteiger partial charge is 0.256 e. The summed E-state index contributed by atoms with van der Waals surface area (Å²) in [5.41, 5.74) is 3.60. The van der Waals surface area contributed by atoms with E-state index in [9.17, 15) is 4.79 Å². The second-order valence-corrected chi connectivity index (χ2v) is 5.69. The lowest BCUT2D eigenvalue weighted by molar-refractivity contribution is 0.680. The van der Waals surface area contributed by atoms with Gasteiger partial charge < -0.3 is 9.55 Å². The van der Waals surface area contributed by atoms with Gasteiger partial charge in [0, 0.05) is 23.1 Å². The second kappa shape index (κ2) is 6.02. The van der Waals surface area contributed by atoms with Crippen LogP contribution in [0.4, 0.5) is 0 Å². The minimum absolute atomic E-state index is 0.0603. The van der Waals surface area contributed by atoms with E-state index in [1.54, 1.807) is 6.33 Å². The van der Waals surface area contributed by atoms with Gasteiger partial charge in [-0.05, 0) is 23.6 Å². The van der Waals surface area contributed by atoms with Crippen molar-refractivity contribution in [2.45, 2.75) is 26.3 Å². The highest BCUT2D eigenvalue weighted by molar-refractivity contribution is 5.62. The number of benzene rings is 1. The Hall–Kier alpha value is -2.62. The molecule has 3 aromatic rings. The highest BCUT2D eigenvalue weighted by Crippen LogP contribution is 2.16. The Morgan fingerprint density at radius 1 is 1.14 bits per heavy atom. The van der Waals surface area contributed by atoms with Crippen molar-refractivity contribution in [1.82, 2.24) is 14.5 Å². The van der Waals surface area contributed by atoms with Crippen LogP contribution in [0.1, 0.15) is 31.2 Å². The van der Waals surface area contributed by atoms with E-state index < -0.39 is 0 Å². The number of pyridine rings is 1. The molecular formula is C18H19N3O. The average Bonchev–Trinajstić information content (AvgIpc) is 2.96. The molecule has 1 aromatic carbocycles. The van der Waals surface area contributed by atoms with E-state index in [0.717, 1.165) is 17.0 Å².